The van der Waals surface area contributed by atoms with E-state index in [1.54, 1.807) is 0 Å². The maximum atomic E-state index is 9.58. The van der Waals surface area contributed by atoms with Crippen LogP contribution in [0.4, 0.5) is 0 Å². The topological polar surface area (TPSA) is 26.3 Å². The Labute approximate surface area is 43.5 Å². The van der Waals surface area contributed by atoms with Crippen molar-refractivity contribution >= 4 is 6.29 Å². The second-order valence-electron chi connectivity index (χ2n) is 1.07. The first-order chi connectivity index (χ1) is 3.41. The van der Waals surface area contributed by atoms with Gasteiger partial charge in [-0.1, -0.05) is 0 Å². The second kappa shape index (κ2) is 5.63. The minimum Gasteiger partial charge on any atom is -0.381 e. The lowest BCUT2D eigenvalue weighted by molar-refractivity contribution is -0.108. The predicted molar refractivity (Wildman–Crippen MR) is 26.9 cm³/mol. The van der Waals surface area contributed by atoms with Crippen LogP contribution >= 0.6 is 0 Å². The van der Waals surface area contributed by atoms with Crippen molar-refractivity contribution in [3.8, 4) is 0 Å². The first kappa shape index (κ1) is 6.63. The summed E-state index contributed by atoms with van der Waals surface area (Å²) >= 11 is 0. The highest BCUT2D eigenvalue weighted by molar-refractivity contribution is 5.49. The van der Waals surface area contributed by atoms with E-state index in [9.17, 15) is 4.79 Å². The van der Waals surface area contributed by atoms with Crippen LogP contribution in [0.15, 0.2) is 0 Å². The van der Waals surface area contributed by atoms with Gasteiger partial charge in [0.05, 0.1) is 6.61 Å². The zero-order valence-corrected chi connectivity index (χ0v) is 4.22. The second-order valence-corrected chi connectivity index (χ2v) is 1.07. The Bertz CT molecular complexity index is 43.3. The molecule has 2 nitrogen and oxygen atoms in total. The van der Waals surface area contributed by atoms with E-state index in [0.717, 1.165) is 6.29 Å². The molecule has 0 fully saturated rings. The summed E-state index contributed by atoms with van der Waals surface area (Å²) in [7, 11) is 0. The molecule has 2 heteroatoms. The quantitative estimate of drug-likeness (QED) is 0.379. The molecule has 0 saturated carbocycles. The van der Waals surface area contributed by atoms with Crippen LogP contribution in [0.25, 0.3) is 0 Å². The van der Waals surface area contributed by atoms with Crippen molar-refractivity contribution in [2.45, 2.75) is 6.42 Å². The molecule has 0 spiro atoms. The fourth-order valence-corrected chi connectivity index (χ4v) is 0.234. The van der Waals surface area contributed by atoms with Crippen LogP contribution in [-0.4, -0.2) is 19.5 Å². The Morgan fingerprint density at radius 2 is 2.43 bits per heavy atom. The maximum absolute atomic E-state index is 9.58. The van der Waals surface area contributed by atoms with Gasteiger partial charge in [-0.3, -0.25) is 0 Å². The zero-order chi connectivity index (χ0) is 5.54. The molecule has 0 bridgehead atoms. The summed E-state index contributed by atoms with van der Waals surface area (Å²) in [5, 5.41) is 0. The van der Waals surface area contributed by atoms with Gasteiger partial charge in [-0.15, -0.1) is 0 Å². The van der Waals surface area contributed by atoms with E-state index in [4.69, 9.17) is 4.74 Å². The molecule has 0 aromatic carbocycles. The van der Waals surface area contributed by atoms with Crippen molar-refractivity contribution in [1.82, 2.24) is 0 Å². The minimum absolute atomic E-state index is 0.452. The third-order valence-electron chi connectivity index (χ3n) is 0.524. The lowest BCUT2D eigenvalue weighted by Gasteiger charge is -1.91. The van der Waals surface area contributed by atoms with Crippen molar-refractivity contribution < 1.29 is 9.53 Å². The first-order valence-electron chi connectivity index (χ1n) is 2.22. The van der Waals surface area contributed by atoms with Crippen molar-refractivity contribution in [1.29, 1.82) is 0 Å². The van der Waals surface area contributed by atoms with Crippen LogP contribution < -0.4 is 0 Å². The highest BCUT2D eigenvalue weighted by Crippen LogP contribution is 1.74. The Balaban J connectivity index is 2.56. The molecular formula is C5H9O2. The van der Waals surface area contributed by atoms with Gasteiger partial charge in [0, 0.05) is 13.0 Å². The zero-order valence-electron chi connectivity index (χ0n) is 4.22. The average Bonchev–Trinajstić information content (AvgIpc) is 1.69. The normalized spacial score (nSPS) is 8.71. The number of hydrogen-bond donors (Lipinski definition) is 0. The fraction of sp³-hybridized carbons (Fsp3) is 0.600. The minimum atomic E-state index is 0.452. The van der Waals surface area contributed by atoms with E-state index in [0.29, 0.717) is 19.6 Å². The summed E-state index contributed by atoms with van der Waals surface area (Å²) in [5.41, 5.74) is 0. The van der Waals surface area contributed by atoms with E-state index in [2.05, 4.69) is 6.92 Å². The number of ether oxygens (including phenoxy) is 1. The summed E-state index contributed by atoms with van der Waals surface area (Å²) in [6.07, 6.45) is 1.31. The van der Waals surface area contributed by atoms with Crippen molar-refractivity contribution in [3.05, 3.63) is 6.92 Å². The predicted octanol–water partition coefficient (Wildman–Crippen LogP) is 0.426. The van der Waals surface area contributed by atoms with Gasteiger partial charge in [0.1, 0.15) is 6.29 Å². The van der Waals surface area contributed by atoms with Crippen LogP contribution in [-0.2, 0) is 9.53 Å². The van der Waals surface area contributed by atoms with Gasteiger partial charge < -0.3 is 9.53 Å². The summed E-state index contributed by atoms with van der Waals surface area (Å²) in [4.78, 5) is 9.58. The third kappa shape index (κ3) is 5.63. The smallest absolute Gasteiger partial charge is 0.122 e. The van der Waals surface area contributed by atoms with E-state index >= 15 is 0 Å². The first-order valence-corrected chi connectivity index (χ1v) is 2.22. The Morgan fingerprint density at radius 3 is 2.86 bits per heavy atom. The van der Waals surface area contributed by atoms with E-state index in [1.165, 1.54) is 0 Å². The Morgan fingerprint density at radius 1 is 1.71 bits per heavy atom. The number of carbonyl (C=O) groups excluding carboxylic acids is 1. The number of carbonyl (C=O) groups is 1. The molecule has 0 unspecified atom stereocenters. The average molecular weight is 101 g/mol. The molecule has 7 heavy (non-hydrogen) atoms. The molecule has 0 saturated heterocycles. The van der Waals surface area contributed by atoms with Gasteiger partial charge in [0.15, 0.2) is 0 Å². The highest BCUT2D eigenvalue weighted by Gasteiger charge is 1.78. The molecule has 0 aliphatic rings. The van der Waals surface area contributed by atoms with Crippen molar-refractivity contribution in [3.63, 3.8) is 0 Å². The third-order valence-corrected chi connectivity index (χ3v) is 0.524. The molecule has 0 heterocycles. The molecule has 0 aromatic rings. The number of rotatable bonds is 4. The van der Waals surface area contributed by atoms with Crippen LogP contribution in [0, 0.1) is 6.92 Å². The Hall–Kier alpha value is -0.370. The molecule has 41 valence electrons. The van der Waals surface area contributed by atoms with E-state index in [-0.39, 0.29) is 0 Å². The maximum Gasteiger partial charge on any atom is 0.122 e. The molecule has 0 N–H and O–H groups in total. The monoisotopic (exact) mass is 101 g/mol. The molecule has 0 aliphatic heterocycles. The SMILES string of the molecule is [CH2]COCCC=O. The lowest BCUT2D eigenvalue weighted by Crippen LogP contribution is -1.92. The summed E-state index contributed by atoms with van der Waals surface area (Å²) in [6.45, 7) is 4.38. The van der Waals surface area contributed by atoms with E-state index < -0.39 is 0 Å². The fourth-order valence-electron chi connectivity index (χ4n) is 0.234. The van der Waals surface area contributed by atoms with Crippen LogP contribution in [0.2, 0.25) is 0 Å². The molecule has 0 aliphatic carbocycles. The van der Waals surface area contributed by atoms with Gasteiger partial charge in [0.2, 0.25) is 0 Å². The number of aldehydes is 1. The largest absolute Gasteiger partial charge is 0.381 e. The van der Waals surface area contributed by atoms with Gasteiger partial charge >= 0.3 is 0 Å². The molecule has 0 rings (SSSR count). The lowest BCUT2D eigenvalue weighted by atomic mass is 10.5. The van der Waals surface area contributed by atoms with Crippen molar-refractivity contribution in [2.75, 3.05) is 13.2 Å². The molecule has 0 aromatic heterocycles. The molecule has 0 amide bonds. The standard InChI is InChI=1S/C5H9O2/c1-2-7-5-3-4-6/h4H,1-3,5H2. The number of hydrogen-bond acceptors (Lipinski definition) is 2. The molecule has 1 radical (unpaired) electrons. The van der Waals surface area contributed by atoms with Gasteiger partial charge in [-0.25, -0.2) is 0 Å². The van der Waals surface area contributed by atoms with Crippen LogP contribution in [0.3, 0.4) is 0 Å². The van der Waals surface area contributed by atoms with Gasteiger partial charge in [-0.2, -0.15) is 0 Å². The molecule has 0 atom stereocenters. The van der Waals surface area contributed by atoms with E-state index in [1.807, 2.05) is 0 Å². The van der Waals surface area contributed by atoms with Crippen LogP contribution in [0.5, 0.6) is 0 Å². The summed E-state index contributed by atoms with van der Waals surface area (Å²) < 4.78 is 4.73. The summed E-state index contributed by atoms with van der Waals surface area (Å²) in [5.74, 6) is 0. The van der Waals surface area contributed by atoms with Crippen LogP contribution in [0.1, 0.15) is 6.42 Å². The summed E-state index contributed by atoms with van der Waals surface area (Å²) in [6, 6.07) is 0. The Kier molecular flexibility index (Phi) is 5.33. The highest BCUT2D eigenvalue weighted by atomic mass is 16.5. The van der Waals surface area contributed by atoms with Gasteiger partial charge in [0.25, 0.3) is 0 Å². The molecular weight excluding hydrogens is 92.1 g/mol. The van der Waals surface area contributed by atoms with Crippen molar-refractivity contribution in [2.24, 2.45) is 0 Å². The van der Waals surface area contributed by atoms with Gasteiger partial charge in [-0.05, 0) is 6.92 Å².